The second-order valence-corrected chi connectivity index (χ2v) is 8.87. The molecule has 0 aromatic heterocycles. The van der Waals surface area contributed by atoms with E-state index in [4.69, 9.17) is 0 Å². The van der Waals surface area contributed by atoms with E-state index in [1.807, 2.05) is 49.2 Å². The van der Waals surface area contributed by atoms with Crippen molar-refractivity contribution in [2.45, 2.75) is 32.7 Å². The molecule has 1 N–H and O–H groups in total. The van der Waals surface area contributed by atoms with Crippen molar-refractivity contribution in [1.82, 2.24) is 20.0 Å². The van der Waals surface area contributed by atoms with Gasteiger partial charge in [-0.3, -0.25) is 9.59 Å². The third-order valence-corrected chi connectivity index (χ3v) is 6.08. The molecule has 1 aliphatic rings. The van der Waals surface area contributed by atoms with E-state index in [1.165, 1.54) is 18.7 Å². The van der Waals surface area contributed by atoms with E-state index in [9.17, 15) is 14.4 Å². The van der Waals surface area contributed by atoms with Gasteiger partial charge in [0.1, 0.15) is 6.04 Å². The van der Waals surface area contributed by atoms with Gasteiger partial charge in [0, 0.05) is 51.9 Å². The van der Waals surface area contributed by atoms with Crippen molar-refractivity contribution >= 4 is 28.8 Å². The zero-order valence-electron chi connectivity index (χ0n) is 18.3. The second kappa shape index (κ2) is 12.6. The number of nitrogens with one attached hydrogen (secondary N) is 1. The molecule has 1 heterocycles. The molecule has 3 amide bonds. The number of hydrogen-bond donors (Lipinski definition) is 1. The van der Waals surface area contributed by atoms with Crippen LogP contribution in [0.5, 0.6) is 0 Å². The number of carbonyl (C=O) groups excluding carboxylic acids is 3. The number of likely N-dealkylation sites (N-methyl/N-ethyl adjacent to an activating group) is 1. The number of benzene rings is 1. The van der Waals surface area contributed by atoms with Crippen molar-refractivity contribution in [3.05, 3.63) is 35.9 Å². The lowest BCUT2D eigenvalue weighted by molar-refractivity contribution is -0.134. The molecule has 30 heavy (non-hydrogen) atoms. The van der Waals surface area contributed by atoms with E-state index in [-0.39, 0.29) is 17.1 Å². The lowest BCUT2D eigenvalue weighted by Crippen LogP contribution is -2.56. The molecular weight excluding hydrogens is 400 g/mol. The lowest BCUT2D eigenvalue weighted by Gasteiger charge is -2.35. The summed E-state index contributed by atoms with van der Waals surface area (Å²) in [5.74, 6) is 0.529. The number of amides is 3. The van der Waals surface area contributed by atoms with Crippen molar-refractivity contribution in [2.75, 3.05) is 52.1 Å². The van der Waals surface area contributed by atoms with Crippen LogP contribution in [0.15, 0.2) is 30.3 Å². The predicted molar refractivity (Wildman–Crippen MR) is 122 cm³/mol. The SMILES string of the molecule is CC[C@H](NC(=O)N(CCSC(C)=O)CCc1ccccc1)C(=O)N1CCN(C)CC1. The van der Waals surface area contributed by atoms with Crippen molar-refractivity contribution < 1.29 is 14.4 Å². The molecule has 0 aliphatic carbocycles. The van der Waals surface area contributed by atoms with E-state index in [2.05, 4.69) is 10.2 Å². The van der Waals surface area contributed by atoms with Crippen LogP contribution in [-0.2, 0) is 16.0 Å². The first kappa shape index (κ1) is 24.2. The maximum atomic E-state index is 13.0. The number of urea groups is 1. The first-order chi connectivity index (χ1) is 14.4. The normalized spacial score (nSPS) is 15.5. The molecular formula is C22H34N4O3S. The highest BCUT2D eigenvalue weighted by molar-refractivity contribution is 8.13. The largest absolute Gasteiger partial charge is 0.338 e. The molecule has 8 heteroatoms. The Morgan fingerprint density at radius 1 is 1.10 bits per heavy atom. The lowest BCUT2D eigenvalue weighted by atomic mass is 10.1. The van der Waals surface area contributed by atoms with Crippen molar-refractivity contribution in [2.24, 2.45) is 0 Å². The van der Waals surface area contributed by atoms with Gasteiger partial charge in [-0.1, -0.05) is 49.0 Å². The summed E-state index contributed by atoms with van der Waals surface area (Å²) in [4.78, 5) is 42.9. The Bertz CT molecular complexity index is 693. The van der Waals surface area contributed by atoms with Gasteiger partial charge in [0.05, 0.1) is 0 Å². The average Bonchev–Trinajstić information content (AvgIpc) is 2.74. The molecule has 1 atom stereocenters. The highest BCUT2D eigenvalue weighted by Gasteiger charge is 2.28. The summed E-state index contributed by atoms with van der Waals surface area (Å²) in [6.45, 7) is 7.52. The topological polar surface area (TPSA) is 73.0 Å². The summed E-state index contributed by atoms with van der Waals surface area (Å²) in [7, 11) is 2.05. The molecule has 0 unspecified atom stereocenters. The summed E-state index contributed by atoms with van der Waals surface area (Å²) in [5, 5.41) is 2.97. The fraction of sp³-hybridized carbons (Fsp3) is 0.591. The molecule has 0 saturated carbocycles. The van der Waals surface area contributed by atoms with Gasteiger partial charge < -0.3 is 20.0 Å². The van der Waals surface area contributed by atoms with Crippen LogP contribution in [0.1, 0.15) is 25.8 Å². The molecule has 1 fully saturated rings. The van der Waals surface area contributed by atoms with Crippen LogP contribution in [0.4, 0.5) is 4.79 Å². The van der Waals surface area contributed by atoms with Gasteiger partial charge in [0.15, 0.2) is 5.12 Å². The number of nitrogens with zero attached hydrogens (tertiary/aromatic N) is 3. The van der Waals surface area contributed by atoms with Crippen molar-refractivity contribution in [1.29, 1.82) is 0 Å². The molecule has 0 radical (unpaired) electrons. The Hall–Kier alpha value is -2.06. The Morgan fingerprint density at radius 2 is 1.77 bits per heavy atom. The van der Waals surface area contributed by atoms with Crippen LogP contribution in [0, 0.1) is 0 Å². The molecule has 1 aliphatic heterocycles. The third-order valence-electron chi connectivity index (χ3n) is 5.29. The van der Waals surface area contributed by atoms with Gasteiger partial charge in [0.25, 0.3) is 0 Å². The fourth-order valence-electron chi connectivity index (χ4n) is 3.35. The van der Waals surface area contributed by atoms with E-state index < -0.39 is 6.04 Å². The number of carbonyl (C=O) groups is 3. The quantitative estimate of drug-likeness (QED) is 0.644. The minimum absolute atomic E-state index is 0.0138. The van der Waals surface area contributed by atoms with Gasteiger partial charge in [-0.05, 0) is 25.5 Å². The van der Waals surface area contributed by atoms with Crippen LogP contribution in [0.2, 0.25) is 0 Å². The maximum absolute atomic E-state index is 13.0. The maximum Gasteiger partial charge on any atom is 0.318 e. The van der Waals surface area contributed by atoms with Crippen LogP contribution < -0.4 is 5.32 Å². The third kappa shape index (κ3) is 7.99. The van der Waals surface area contributed by atoms with Crippen molar-refractivity contribution in [3.8, 4) is 0 Å². The Balaban J connectivity index is 1.97. The Labute approximate surface area is 184 Å². The molecule has 166 valence electrons. The van der Waals surface area contributed by atoms with Crippen LogP contribution >= 0.6 is 11.8 Å². The van der Waals surface area contributed by atoms with E-state index in [0.717, 1.165) is 25.1 Å². The standard InChI is InChI=1S/C22H34N4O3S/c1-4-20(21(28)25-14-12-24(3)13-15-25)23-22(29)26(16-17-30-18(2)27)11-10-19-8-6-5-7-9-19/h5-9,20H,4,10-17H2,1-3H3,(H,23,29)/t20-/m0/s1. The number of hydrogen-bond acceptors (Lipinski definition) is 5. The van der Waals surface area contributed by atoms with E-state index in [1.54, 1.807) is 4.90 Å². The summed E-state index contributed by atoms with van der Waals surface area (Å²) in [5.41, 5.74) is 1.15. The average molecular weight is 435 g/mol. The van der Waals surface area contributed by atoms with E-state index in [0.29, 0.717) is 38.4 Å². The molecule has 1 saturated heterocycles. The highest BCUT2D eigenvalue weighted by atomic mass is 32.2. The highest BCUT2D eigenvalue weighted by Crippen LogP contribution is 2.08. The fourth-order valence-corrected chi connectivity index (χ4v) is 3.95. The molecule has 2 rings (SSSR count). The van der Waals surface area contributed by atoms with Crippen LogP contribution in [-0.4, -0.2) is 89.9 Å². The number of rotatable bonds is 9. The smallest absolute Gasteiger partial charge is 0.318 e. The second-order valence-electron chi connectivity index (χ2n) is 7.60. The Kier molecular flexibility index (Phi) is 10.2. The monoisotopic (exact) mass is 434 g/mol. The van der Waals surface area contributed by atoms with Gasteiger partial charge in [-0.2, -0.15) is 0 Å². The summed E-state index contributed by atoms with van der Waals surface area (Å²) < 4.78 is 0. The van der Waals surface area contributed by atoms with E-state index >= 15 is 0 Å². The minimum Gasteiger partial charge on any atom is -0.338 e. The molecule has 7 nitrogen and oxygen atoms in total. The van der Waals surface area contributed by atoms with Gasteiger partial charge in [-0.25, -0.2) is 4.79 Å². The summed E-state index contributed by atoms with van der Waals surface area (Å²) in [6.07, 6.45) is 1.27. The van der Waals surface area contributed by atoms with Crippen molar-refractivity contribution in [3.63, 3.8) is 0 Å². The van der Waals surface area contributed by atoms with Gasteiger partial charge >= 0.3 is 6.03 Å². The van der Waals surface area contributed by atoms with Crippen LogP contribution in [0.3, 0.4) is 0 Å². The first-order valence-electron chi connectivity index (χ1n) is 10.6. The molecule has 1 aromatic rings. The number of thioether (sulfide) groups is 1. The number of piperazine rings is 1. The van der Waals surface area contributed by atoms with Crippen LogP contribution in [0.25, 0.3) is 0 Å². The molecule has 0 bridgehead atoms. The summed E-state index contributed by atoms with van der Waals surface area (Å²) in [6, 6.07) is 9.22. The molecule has 1 aromatic carbocycles. The molecule has 0 spiro atoms. The Morgan fingerprint density at radius 3 is 2.37 bits per heavy atom. The minimum atomic E-state index is -0.527. The zero-order valence-corrected chi connectivity index (χ0v) is 19.1. The van der Waals surface area contributed by atoms with Gasteiger partial charge in [0.2, 0.25) is 5.91 Å². The summed E-state index contributed by atoms with van der Waals surface area (Å²) >= 11 is 1.21. The van der Waals surface area contributed by atoms with Gasteiger partial charge in [-0.15, -0.1) is 0 Å². The zero-order chi connectivity index (χ0) is 21.9. The first-order valence-corrected chi connectivity index (χ1v) is 11.6. The predicted octanol–water partition coefficient (Wildman–Crippen LogP) is 2.07.